The zero-order chi connectivity index (χ0) is 21.9. The van der Waals surface area contributed by atoms with Crippen molar-refractivity contribution in [3.05, 3.63) is 30.1 Å². The Morgan fingerprint density at radius 2 is 1.97 bits per heavy atom. The maximum Gasteiger partial charge on any atom is 0.234 e. The number of benzene rings is 1. The summed E-state index contributed by atoms with van der Waals surface area (Å²) >= 11 is 0. The van der Waals surface area contributed by atoms with Gasteiger partial charge in [-0.3, -0.25) is 19.6 Å². The number of morpholine rings is 1. The molecule has 1 aliphatic carbocycles. The molecule has 1 saturated carbocycles. The van der Waals surface area contributed by atoms with Crippen molar-refractivity contribution in [2.24, 2.45) is 0 Å². The molecule has 1 aromatic heterocycles. The first-order valence-electron chi connectivity index (χ1n) is 11.5. The summed E-state index contributed by atoms with van der Waals surface area (Å²) in [7, 11) is 1.64. The van der Waals surface area contributed by atoms with Crippen LogP contribution in [-0.2, 0) is 16.0 Å². The number of fused-ring (bicyclic) bond motifs is 1. The topological polar surface area (TPSA) is 77.0 Å². The van der Waals surface area contributed by atoms with Crippen molar-refractivity contribution < 1.29 is 19.0 Å². The quantitative estimate of drug-likeness (QED) is 0.658. The molecule has 2 fully saturated rings. The van der Waals surface area contributed by atoms with Gasteiger partial charge in [0.15, 0.2) is 17.3 Å². The van der Waals surface area contributed by atoms with Crippen LogP contribution in [0.1, 0.15) is 31.4 Å². The van der Waals surface area contributed by atoms with Crippen molar-refractivity contribution >= 4 is 11.7 Å². The molecule has 0 N–H and O–H groups in total. The number of anilines is 1. The number of ether oxygens (including phenoxy) is 3. The molecule has 170 valence electrons. The van der Waals surface area contributed by atoms with E-state index in [1.165, 1.54) is 12.8 Å². The molecule has 8 nitrogen and oxygen atoms in total. The van der Waals surface area contributed by atoms with Crippen LogP contribution in [0.25, 0.3) is 11.3 Å². The van der Waals surface area contributed by atoms with Gasteiger partial charge in [-0.2, -0.15) is 0 Å². The van der Waals surface area contributed by atoms with E-state index in [9.17, 15) is 4.79 Å². The molecule has 2 aliphatic heterocycles. The normalized spacial score (nSPS) is 19.4. The minimum Gasteiger partial charge on any atom is -0.493 e. The van der Waals surface area contributed by atoms with Crippen LogP contribution < -0.4 is 14.4 Å². The molecule has 1 aromatic carbocycles. The van der Waals surface area contributed by atoms with E-state index in [0.29, 0.717) is 24.5 Å². The molecule has 3 heterocycles. The van der Waals surface area contributed by atoms with Crippen LogP contribution in [0.2, 0.25) is 0 Å². The summed E-state index contributed by atoms with van der Waals surface area (Å²) in [5, 5.41) is 0. The summed E-state index contributed by atoms with van der Waals surface area (Å²) in [6, 6.07) is 6.07. The van der Waals surface area contributed by atoms with Gasteiger partial charge in [-0.1, -0.05) is 12.8 Å². The minimum absolute atomic E-state index is 0.116. The van der Waals surface area contributed by atoms with E-state index in [1.54, 1.807) is 13.3 Å². The zero-order valence-electron chi connectivity index (χ0n) is 18.6. The molecule has 0 bridgehead atoms. The van der Waals surface area contributed by atoms with Crippen LogP contribution in [0.5, 0.6) is 11.5 Å². The first-order valence-corrected chi connectivity index (χ1v) is 11.5. The minimum atomic E-state index is 0.116. The fourth-order valence-corrected chi connectivity index (χ4v) is 4.80. The van der Waals surface area contributed by atoms with Gasteiger partial charge in [0.25, 0.3) is 0 Å². The Hall–Kier alpha value is -2.71. The average molecular weight is 439 g/mol. The maximum atomic E-state index is 12.6. The SMILES string of the molecule is COc1cc(-c2cnc3c(n2)N(C2CCCC2)C(=O)C3)ccc1OCCN1CCOCC1. The van der Waals surface area contributed by atoms with E-state index in [-0.39, 0.29) is 11.9 Å². The van der Waals surface area contributed by atoms with Crippen LogP contribution in [0.3, 0.4) is 0 Å². The van der Waals surface area contributed by atoms with Gasteiger partial charge in [-0.05, 0) is 31.0 Å². The third-order valence-corrected chi connectivity index (χ3v) is 6.56. The monoisotopic (exact) mass is 438 g/mol. The van der Waals surface area contributed by atoms with Gasteiger partial charge < -0.3 is 14.2 Å². The lowest BCUT2D eigenvalue weighted by molar-refractivity contribution is -0.117. The van der Waals surface area contributed by atoms with Gasteiger partial charge in [-0.25, -0.2) is 4.98 Å². The van der Waals surface area contributed by atoms with E-state index in [4.69, 9.17) is 19.2 Å². The van der Waals surface area contributed by atoms with Crippen LogP contribution in [0.15, 0.2) is 24.4 Å². The Kier molecular flexibility index (Phi) is 6.23. The summed E-state index contributed by atoms with van der Waals surface area (Å²) in [4.78, 5) is 26.3. The van der Waals surface area contributed by atoms with Crippen molar-refractivity contribution in [1.82, 2.24) is 14.9 Å². The van der Waals surface area contributed by atoms with Crippen LogP contribution in [-0.4, -0.2) is 73.4 Å². The van der Waals surface area contributed by atoms with Gasteiger partial charge in [0, 0.05) is 31.2 Å². The molecule has 1 saturated heterocycles. The predicted molar refractivity (Wildman–Crippen MR) is 120 cm³/mol. The molecule has 3 aliphatic rings. The number of hydrogen-bond acceptors (Lipinski definition) is 7. The van der Waals surface area contributed by atoms with E-state index in [0.717, 1.165) is 68.5 Å². The number of amides is 1. The second-order valence-electron chi connectivity index (χ2n) is 8.57. The number of carbonyl (C=O) groups is 1. The third-order valence-electron chi connectivity index (χ3n) is 6.56. The first kappa shape index (κ1) is 21.2. The van der Waals surface area contributed by atoms with Gasteiger partial charge in [0.2, 0.25) is 5.91 Å². The highest BCUT2D eigenvalue weighted by Gasteiger charge is 2.36. The highest BCUT2D eigenvalue weighted by Crippen LogP contribution is 2.36. The second-order valence-corrected chi connectivity index (χ2v) is 8.57. The van der Waals surface area contributed by atoms with E-state index in [2.05, 4.69) is 9.88 Å². The van der Waals surface area contributed by atoms with E-state index >= 15 is 0 Å². The molecule has 5 rings (SSSR count). The first-order chi connectivity index (χ1) is 15.7. The molecule has 0 atom stereocenters. The molecule has 8 heteroatoms. The fourth-order valence-electron chi connectivity index (χ4n) is 4.80. The Bertz CT molecular complexity index is 970. The molecule has 32 heavy (non-hydrogen) atoms. The van der Waals surface area contributed by atoms with Crippen molar-refractivity contribution in [1.29, 1.82) is 0 Å². The summed E-state index contributed by atoms with van der Waals surface area (Å²) in [5.74, 6) is 2.21. The van der Waals surface area contributed by atoms with Crippen molar-refractivity contribution in [2.45, 2.75) is 38.1 Å². The average Bonchev–Trinajstić information content (AvgIpc) is 3.46. The number of aromatic nitrogens is 2. The Balaban J connectivity index is 1.32. The smallest absolute Gasteiger partial charge is 0.234 e. The standard InChI is InChI=1S/C24H30N4O4/c1-30-22-14-17(6-7-21(22)32-13-10-27-8-11-31-12-9-27)20-16-25-19-15-23(29)28(24(19)26-20)18-4-2-3-5-18/h6-7,14,16,18H,2-5,8-13,15H2,1H3. The van der Waals surface area contributed by atoms with Gasteiger partial charge in [0.05, 0.1) is 44.3 Å². The molecular weight excluding hydrogens is 408 g/mol. The fraction of sp³-hybridized carbons (Fsp3) is 0.542. The summed E-state index contributed by atoms with van der Waals surface area (Å²) in [6.07, 6.45) is 6.52. The molecule has 0 unspecified atom stereocenters. The van der Waals surface area contributed by atoms with E-state index < -0.39 is 0 Å². The second kappa shape index (κ2) is 9.42. The maximum absolute atomic E-state index is 12.6. The number of hydrogen-bond donors (Lipinski definition) is 0. The zero-order valence-corrected chi connectivity index (χ0v) is 18.6. The molecule has 2 aromatic rings. The largest absolute Gasteiger partial charge is 0.493 e. The van der Waals surface area contributed by atoms with Crippen molar-refractivity contribution in [2.75, 3.05) is 51.5 Å². The predicted octanol–water partition coefficient (Wildman–Crippen LogP) is 2.69. The van der Waals surface area contributed by atoms with Gasteiger partial charge in [0.1, 0.15) is 6.61 Å². The summed E-state index contributed by atoms with van der Waals surface area (Å²) in [6.45, 7) is 4.89. The van der Waals surface area contributed by atoms with Crippen LogP contribution in [0.4, 0.5) is 5.82 Å². The summed E-state index contributed by atoms with van der Waals surface area (Å²) < 4.78 is 17.0. The van der Waals surface area contributed by atoms with Crippen molar-refractivity contribution in [3.63, 3.8) is 0 Å². The Labute approximate surface area is 188 Å². The molecule has 1 amide bonds. The van der Waals surface area contributed by atoms with E-state index in [1.807, 2.05) is 23.1 Å². The number of carbonyl (C=O) groups excluding carboxylic acids is 1. The number of nitrogens with zero attached hydrogens (tertiary/aromatic N) is 4. The number of methoxy groups -OCH3 is 1. The van der Waals surface area contributed by atoms with Crippen molar-refractivity contribution in [3.8, 4) is 22.8 Å². The Morgan fingerprint density at radius 3 is 2.75 bits per heavy atom. The molecule has 0 spiro atoms. The lowest BCUT2D eigenvalue weighted by Crippen LogP contribution is -2.38. The van der Waals surface area contributed by atoms with Crippen LogP contribution in [0, 0.1) is 0 Å². The van der Waals surface area contributed by atoms with Gasteiger partial charge in [-0.15, -0.1) is 0 Å². The lowest BCUT2D eigenvalue weighted by Gasteiger charge is -2.26. The lowest BCUT2D eigenvalue weighted by atomic mass is 10.1. The number of rotatable bonds is 7. The molecule has 0 radical (unpaired) electrons. The molecular formula is C24H30N4O4. The highest BCUT2D eigenvalue weighted by molar-refractivity contribution is 6.00. The highest BCUT2D eigenvalue weighted by atomic mass is 16.5. The van der Waals surface area contributed by atoms with Crippen LogP contribution >= 0.6 is 0 Å². The Morgan fingerprint density at radius 1 is 1.16 bits per heavy atom. The summed E-state index contributed by atoms with van der Waals surface area (Å²) in [5.41, 5.74) is 2.41. The van der Waals surface area contributed by atoms with Gasteiger partial charge >= 0.3 is 0 Å². The third kappa shape index (κ3) is 4.29.